The average Bonchev–Trinajstić information content (AvgIpc) is 2.33. The summed E-state index contributed by atoms with van der Waals surface area (Å²) in [7, 11) is 0. The van der Waals surface area contributed by atoms with Crippen molar-refractivity contribution in [1.82, 2.24) is 14.9 Å². The first kappa shape index (κ1) is 16.0. The molecule has 0 fully saturated rings. The Morgan fingerprint density at radius 3 is 2.42 bits per heavy atom. The number of rotatable bonds is 6. The SMILES string of the molecule is CCN(CC)CCNc1cc(C(F)(F)F)nc(Cl)n1. The molecule has 1 aromatic rings. The third kappa shape index (κ3) is 5.20. The molecule has 0 bridgehead atoms. The first-order chi connectivity index (χ1) is 8.86. The molecule has 0 saturated heterocycles. The lowest BCUT2D eigenvalue weighted by atomic mass is 10.3. The summed E-state index contributed by atoms with van der Waals surface area (Å²) in [6.07, 6.45) is -4.53. The van der Waals surface area contributed by atoms with E-state index >= 15 is 0 Å². The molecule has 19 heavy (non-hydrogen) atoms. The summed E-state index contributed by atoms with van der Waals surface area (Å²) < 4.78 is 37.6. The van der Waals surface area contributed by atoms with Crippen LogP contribution in [0.3, 0.4) is 0 Å². The van der Waals surface area contributed by atoms with Crippen LogP contribution in [-0.2, 0) is 6.18 Å². The van der Waals surface area contributed by atoms with Gasteiger partial charge in [0.15, 0.2) is 5.69 Å². The van der Waals surface area contributed by atoms with Gasteiger partial charge < -0.3 is 10.2 Å². The zero-order valence-electron chi connectivity index (χ0n) is 10.8. The molecule has 0 aliphatic carbocycles. The lowest BCUT2D eigenvalue weighted by Crippen LogP contribution is -2.28. The van der Waals surface area contributed by atoms with E-state index in [0.29, 0.717) is 6.54 Å². The van der Waals surface area contributed by atoms with Crippen LogP contribution in [0, 0.1) is 0 Å². The molecule has 1 heterocycles. The topological polar surface area (TPSA) is 41.0 Å². The predicted molar refractivity (Wildman–Crippen MR) is 68.3 cm³/mol. The number of alkyl halides is 3. The Labute approximate surface area is 115 Å². The van der Waals surface area contributed by atoms with E-state index in [0.717, 1.165) is 25.7 Å². The number of nitrogens with one attached hydrogen (secondary N) is 1. The standard InChI is InChI=1S/C11H16ClF3N4/c1-3-19(4-2)6-5-16-9-7-8(11(13,14)15)17-10(12)18-9/h7H,3-6H2,1-2H3,(H,16,17,18). The molecule has 0 aliphatic rings. The molecule has 0 aliphatic heterocycles. The summed E-state index contributed by atoms with van der Waals surface area (Å²) >= 11 is 5.48. The van der Waals surface area contributed by atoms with Crippen molar-refractivity contribution in [3.63, 3.8) is 0 Å². The Morgan fingerprint density at radius 2 is 1.89 bits per heavy atom. The monoisotopic (exact) mass is 296 g/mol. The highest BCUT2D eigenvalue weighted by molar-refractivity contribution is 6.28. The molecule has 1 N–H and O–H groups in total. The van der Waals surface area contributed by atoms with E-state index in [2.05, 4.69) is 20.2 Å². The molecule has 0 unspecified atom stereocenters. The molecule has 1 rings (SSSR count). The third-order valence-corrected chi connectivity index (χ3v) is 2.79. The maximum absolute atomic E-state index is 12.5. The lowest BCUT2D eigenvalue weighted by Gasteiger charge is -2.18. The van der Waals surface area contributed by atoms with Crippen LogP contribution in [0.1, 0.15) is 19.5 Å². The van der Waals surface area contributed by atoms with Gasteiger partial charge in [-0.3, -0.25) is 0 Å². The van der Waals surface area contributed by atoms with E-state index in [1.165, 1.54) is 0 Å². The maximum Gasteiger partial charge on any atom is 0.433 e. The van der Waals surface area contributed by atoms with Crippen LogP contribution in [0.2, 0.25) is 5.28 Å². The summed E-state index contributed by atoms with van der Waals surface area (Å²) in [5, 5.41) is 2.40. The molecule has 0 spiro atoms. The summed E-state index contributed by atoms with van der Waals surface area (Å²) in [6, 6.07) is 0.855. The van der Waals surface area contributed by atoms with Gasteiger partial charge in [0, 0.05) is 19.2 Å². The minimum atomic E-state index is -4.53. The van der Waals surface area contributed by atoms with Crippen LogP contribution in [0.5, 0.6) is 0 Å². The fourth-order valence-electron chi connectivity index (χ4n) is 1.54. The number of nitrogens with zero attached hydrogens (tertiary/aromatic N) is 3. The third-order valence-electron chi connectivity index (χ3n) is 2.62. The highest BCUT2D eigenvalue weighted by atomic mass is 35.5. The lowest BCUT2D eigenvalue weighted by molar-refractivity contribution is -0.141. The Morgan fingerprint density at radius 1 is 1.26 bits per heavy atom. The van der Waals surface area contributed by atoms with Gasteiger partial charge in [0.25, 0.3) is 0 Å². The van der Waals surface area contributed by atoms with E-state index in [1.54, 1.807) is 0 Å². The first-order valence-electron chi connectivity index (χ1n) is 5.94. The second-order valence-electron chi connectivity index (χ2n) is 3.86. The predicted octanol–water partition coefficient (Wildman–Crippen LogP) is 2.90. The van der Waals surface area contributed by atoms with Gasteiger partial charge in [-0.25, -0.2) is 9.97 Å². The minimum Gasteiger partial charge on any atom is -0.369 e. The molecular formula is C11H16ClF3N4. The minimum absolute atomic E-state index is 0.0829. The second kappa shape index (κ2) is 6.91. The molecule has 1 aromatic heterocycles. The van der Waals surface area contributed by atoms with Gasteiger partial charge in [-0.05, 0) is 24.7 Å². The van der Waals surface area contributed by atoms with E-state index in [4.69, 9.17) is 11.6 Å². The van der Waals surface area contributed by atoms with Crippen LogP contribution >= 0.6 is 11.6 Å². The Balaban J connectivity index is 2.66. The molecule has 0 radical (unpaired) electrons. The van der Waals surface area contributed by atoms with Gasteiger partial charge in [0.2, 0.25) is 5.28 Å². The number of hydrogen-bond donors (Lipinski definition) is 1. The van der Waals surface area contributed by atoms with Crippen molar-refractivity contribution in [1.29, 1.82) is 0 Å². The van der Waals surface area contributed by atoms with Crippen molar-refractivity contribution >= 4 is 17.4 Å². The van der Waals surface area contributed by atoms with Crippen molar-refractivity contribution in [3.05, 3.63) is 17.0 Å². The first-order valence-corrected chi connectivity index (χ1v) is 6.32. The average molecular weight is 297 g/mol. The van der Waals surface area contributed by atoms with Crippen LogP contribution in [-0.4, -0.2) is 41.0 Å². The van der Waals surface area contributed by atoms with Gasteiger partial charge in [-0.15, -0.1) is 0 Å². The van der Waals surface area contributed by atoms with Crippen LogP contribution in [0.25, 0.3) is 0 Å². The summed E-state index contributed by atoms with van der Waals surface area (Å²) in [6.45, 7) is 7.02. The van der Waals surface area contributed by atoms with Gasteiger partial charge in [-0.1, -0.05) is 13.8 Å². The maximum atomic E-state index is 12.5. The second-order valence-corrected chi connectivity index (χ2v) is 4.20. The van der Waals surface area contributed by atoms with Gasteiger partial charge in [-0.2, -0.15) is 13.2 Å². The molecule has 4 nitrogen and oxygen atoms in total. The van der Waals surface area contributed by atoms with E-state index in [1.807, 2.05) is 13.8 Å². The van der Waals surface area contributed by atoms with Crippen molar-refractivity contribution < 1.29 is 13.2 Å². The number of aromatic nitrogens is 2. The smallest absolute Gasteiger partial charge is 0.369 e. The van der Waals surface area contributed by atoms with Crippen molar-refractivity contribution in [3.8, 4) is 0 Å². The zero-order valence-corrected chi connectivity index (χ0v) is 11.5. The molecular weight excluding hydrogens is 281 g/mol. The van der Waals surface area contributed by atoms with Gasteiger partial charge in [0.1, 0.15) is 5.82 Å². The highest BCUT2D eigenvalue weighted by Crippen LogP contribution is 2.29. The molecule has 108 valence electrons. The molecule has 8 heteroatoms. The van der Waals surface area contributed by atoms with Crippen LogP contribution in [0.4, 0.5) is 19.0 Å². The number of halogens is 4. The molecule has 0 saturated carbocycles. The van der Waals surface area contributed by atoms with Gasteiger partial charge >= 0.3 is 6.18 Å². The van der Waals surface area contributed by atoms with E-state index in [-0.39, 0.29) is 5.82 Å². The molecule has 0 aromatic carbocycles. The summed E-state index contributed by atoms with van der Waals surface area (Å²) in [4.78, 5) is 9.02. The van der Waals surface area contributed by atoms with Crippen LogP contribution < -0.4 is 5.32 Å². The molecule has 0 atom stereocenters. The Bertz CT molecular complexity index is 407. The number of anilines is 1. The van der Waals surface area contributed by atoms with Crippen molar-refractivity contribution in [2.45, 2.75) is 20.0 Å². The van der Waals surface area contributed by atoms with E-state index in [9.17, 15) is 13.2 Å². The molecule has 0 amide bonds. The fourth-order valence-corrected chi connectivity index (χ4v) is 1.72. The fraction of sp³-hybridized carbons (Fsp3) is 0.636. The summed E-state index contributed by atoms with van der Waals surface area (Å²) in [5.41, 5.74) is -1.04. The van der Waals surface area contributed by atoms with Crippen molar-refractivity contribution in [2.24, 2.45) is 0 Å². The Hall–Kier alpha value is -1.08. The normalized spacial score (nSPS) is 11.9. The quantitative estimate of drug-likeness (QED) is 0.820. The largest absolute Gasteiger partial charge is 0.433 e. The highest BCUT2D eigenvalue weighted by Gasteiger charge is 2.33. The Kier molecular flexibility index (Phi) is 5.81. The zero-order chi connectivity index (χ0) is 14.5. The number of likely N-dealkylation sites (N-methyl/N-ethyl adjacent to an activating group) is 1. The summed E-state index contributed by atoms with van der Waals surface area (Å²) in [5.74, 6) is 0.0829. The van der Waals surface area contributed by atoms with Crippen LogP contribution in [0.15, 0.2) is 6.07 Å². The van der Waals surface area contributed by atoms with E-state index < -0.39 is 17.2 Å². The number of hydrogen-bond acceptors (Lipinski definition) is 4. The van der Waals surface area contributed by atoms with Crippen molar-refractivity contribution in [2.75, 3.05) is 31.5 Å². The van der Waals surface area contributed by atoms with Gasteiger partial charge in [0.05, 0.1) is 0 Å².